The van der Waals surface area contributed by atoms with E-state index in [0.29, 0.717) is 23.6 Å². The minimum atomic E-state index is -0.961. The van der Waals surface area contributed by atoms with Crippen LogP contribution in [0.15, 0.2) is 42.7 Å². The molecule has 0 radical (unpaired) electrons. The quantitative estimate of drug-likeness (QED) is 0.594. The van der Waals surface area contributed by atoms with Crippen LogP contribution in [-0.2, 0) is 11.2 Å². The first-order valence-electron chi connectivity index (χ1n) is 7.88. The first kappa shape index (κ1) is 21.5. The molecule has 0 saturated carbocycles. The third-order valence-corrected chi connectivity index (χ3v) is 3.71. The van der Waals surface area contributed by atoms with Crippen molar-refractivity contribution >= 4 is 30.0 Å². The lowest BCUT2D eigenvalue weighted by molar-refractivity contribution is -0.137. The lowest BCUT2D eigenvalue weighted by atomic mass is 10.1. The number of pyridine rings is 1. The molecule has 1 atom stereocenters. The summed E-state index contributed by atoms with van der Waals surface area (Å²) < 4.78 is 19.1. The molecule has 0 aliphatic heterocycles. The number of aliphatic carboxylic acids is 1. The monoisotopic (exact) mass is 427 g/mol. The van der Waals surface area contributed by atoms with Crippen LogP contribution in [0.4, 0.5) is 4.39 Å². The summed E-state index contributed by atoms with van der Waals surface area (Å²) in [5.41, 5.74) is 6.97. The highest BCUT2D eigenvalue weighted by Gasteiger charge is 2.12. The molecule has 0 bridgehead atoms. The molecule has 28 heavy (non-hydrogen) atoms. The molecule has 11 heteroatoms. The van der Waals surface area contributed by atoms with Gasteiger partial charge in [-0.2, -0.15) is 15.0 Å². The van der Waals surface area contributed by atoms with E-state index in [1.165, 1.54) is 17.2 Å². The minimum absolute atomic E-state index is 0. The van der Waals surface area contributed by atoms with Crippen LogP contribution in [-0.4, -0.2) is 37.1 Å². The fourth-order valence-corrected chi connectivity index (χ4v) is 2.46. The molecule has 3 N–H and O–H groups in total. The van der Waals surface area contributed by atoms with E-state index in [-0.39, 0.29) is 29.7 Å². The second kappa shape index (κ2) is 9.45. The Morgan fingerprint density at radius 3 is 2.68 bits per heavy atom. The van der Waals surface area contributed by atoms with Gasteiger partial charge < -0.3 is 15.6 Å². The Morgan fingerprint density at radius 2 is 2.04 bits per heavy atom. The largest absolute Gasteiger partial charge is 0.481 e. The molecule has 0 saturated heterocycles. The third kappa shape index (κ3) is 5.62. The molecule has 0 amide bonds. The Morgan fingerprint density at radius 1 is 1.32 bits per heavy atom. The summed E-state index contributed by atoms with van der Waals surface area (Å²) in [6.45, 7) is 0. The van der Waals surface area contributed by atoms with Crippen LogP contribution in [0, 0.1) is 5.82 Å². The molecule has 0 fully saturated rings. The van der Waals surface area contributed by atoms with Gasteiger partial charge in [0, 0.05) is 18.7 Å². The zero-order valence-electron chi connectivity index (χ0n) is 14.3. The minimum Gasteiger partial charge on any atom is -0.481 e. The summed E-state index contributed by atoms with van der Waals surface area (Å²) in [6, 6.07) is 7.18. The number of carboxylic acids is 1. The van der Waals surface area contributed by atoms with Crippen molar-refractivity contribution in [2.75, 3.05) is 0 Å². The number of nitrogens with zero attached hydrogens (tertiary/aromatic N) is 4. The molecule has 0 spiro atoms. The van der Waals surface area contributed by atoms with E-state index in [0.717, 1.165) is 6.07 Å². The van der Waals surface area contributed by atoms with Gasteiger partial charge in [0.05, 0.1) is 29.0 Å². The summed E-state index contributed by atoms with van der Waals surface area (Å²) in [5, 5.41) is 17.3. The van der Waals surface area contributed by atoms with Crippen LogP contribution in [0.1, 0.15) is 12.1 Å². The molecule has 0 aliphatic carbocycles. The van der Waals surface area contributed by atoms with Crippen molar-refractivity contribution in [3.8, 4) is 17.3 Å². The number of carboxylic acid groups (broad SMARTS) is 1. The zero-order chi connectivity index (χ0) is 19.4. The molecule has 2 aromatic heterocycles. The molecular weight excluding hydrogens is 412 g/mol. The highest BCUT2D eigenvalue weighted by molar-refractivity contribution is 6.30. The van der Waals surface area contributed by atoms with Crippen LogP contribution < -0.4 is 10.5 Å². The molecule has 3 rings (SSSR count). The molecule has 2 heterocycles. The van der Waals surface area contributed by atoms with Crippen molar-refractivity contribution in [2.45, 2.75) is 18.9 Å². The predicted octanol–water partition coefficient (Wildman–Crippen LogP) is 3.01. The standard InChI is InChI=1S/C17H15ClFN5O3.ClH/c18-10-5-15(19)17(21-8-10)27-14-3-1-13(2-4-14)24-22-9-12(23-24)6-11(20)7-16(25)26;/h1-5,8-9,11H,6-7,20H2,(H,25,26);1H. The number of hydrogen-bond donors (Lipinski definition) is 2. The fraction of sp³-hybridized carbons (Fsp3) is 0.176. The molecule has 8 nitrogen and oxygen atoms in total. The van der Waals surface area contributed by atoms with Crippen LogP contribution in [0.2, 0.25) is 5.02 Å². The molecule has 3 aromatic rings. The number of nitrogens with two attached hydrogens (primary N) is 1. The summed E-state index contributed by atoms with van der Waals surface area (Å²) >= 11 is 5.66. The highest BCUT2D eigenvalue weighted by Crippen LogP contribution is 2.24. The summed E-state index contributed by atoms with van der Waals surface area (Å²) in [6.07, 6.45) is 2.97. The number of carbonyl (C=O) groups is 1. The first-order valence-corrected chi connectivity index (χ1v) is 8.26. The maximum Gasteiger partial charge on any atom is 0.304 e. The van der Waals surface area contributed by atoms with E-state index < -0.39 is 17.8 Å². The lowest BCUT2D eigenvalue weighted by Crippen LogP contribution is -2.26. The van der Waals surface area contributed by atoms with E-state index in [1.807, 2.05) is 0 Å². The Balaban J connectivity index is 0.00000280. The van der Waals surface area contributed by atoms with Gasteiger partial charge in [-0.15, -0.1) is 12.4 Å². The number of rotatable bonds is 7. The number of aromatic nitrogens is 4. The van der Waals surface area contributed by atoms with Crippen molar-refractivity contribution in [1.29, 1.82) is 0 Å². The van der Waals surface area contributed by atoms with Gasteiger partial charge in [0.15, 0.2) is 5.82 Å². The van der Waals surface area contributed by atoms with Crippen molar-refractivity contribution in [1.82, 2.24) is 20.0 Å². The number of ether oxygens (including phenoxy) is 1. The van der Waals surface area contributed by atoms with E-state index in [4.69, 9.17) is 27.2 Å². The van der Waals surface area contributed by atoms with Crippen LogP contribution in [0.5, 0.6) is 11.6 Å². The predicted molar refractivity (Wildman–Crippen MR) is 102 cm³/mol. The van der Waals surface area contributed by atoms with Gasteiger partial charge in [0.1, 0.15) is 5.75 Å². The van der Waals surface area contributed by atoms with E-state index in [9.17, 15) is 9.18 Å². The Hall–Kier alpha value is -2.75. The van der Waals surface area contributed by atoms with Crippen molar-refractivity contribution in [3.63, 3.8) is 0 Å². The number of benzene rings is 1. The molecule has 1 aromatic carbocycles. The number of hydrogen-bond acceptors (Lipinski definition) is 6. The third-order valence-electron chi connectivity index (χ3n) is 3.50. The SMILES string of the molecule is Cl.NC(CC(=O)O)Cc1cnn(-c2ccc(Oc3ncc(Cl)cc3F)cc2)n1. The Kier molecular flexibility index (Phi) is 7.27. The Labute approximate surface area is 170 Å². The zero-order valence-corrected chi connectivity index (χ0v) is 15.9. The van der Waals surface area contributed by atoms with Gasteiger partial charge in [-0.1, -0.05) is 11.6 Å². The van der Waals surface area contributed by atoms with Crippen molar-refractivity contribution in [3.05, 3.63) is 59.3 Å². The smallest absolute Gasteiger partial charge is 0.304 e. The van der Waals surface area contributed by atoms with Gasteiger partial charge in [0.2, 0.25) is 0 Å². The maximum absolute atomic E-state index is 13.7. The fourth-order valence-electron chi connectivity index (χ4n) is 2.31. The maximum atomic E-state index is 13.7. The molecule has 148 valence electrons. The lowest BCUT2D eigenvalue weighted by Gasteiger charge is -2.07. The highest BCUT2D eigenvalue weighted by atomic mass is 35.5. The number of halogens is 3. The topological polar surface area (TPSA) is 116 Å². The van der Waals surface area contributed by atoms with E-state index in [1.54, 1.807) is 24.3 Å². The summed E-state index contributed by atoms with van der Waals surface area (Å²) in [7, 11) is 0. The Bertz CT molecular complexity index is 952. The van der Waals surface area contributed by atoms with Gasteiger partial charge >= 0.3 is 5.97 Å². The van der Waals surface area contributed by atoms with Crippen molar-refractivity contribution < 1.29 is 19.0 Å². The van der Waals surface area contributed by atoms with Crippen LogP contribution >= 0.6 is 24.0 Å². The molecular formula is C17H16Cl2FN5O3. The first-order chi connectivity index (χ1) is 12.9. The summed E-state index contributed by atoms with van der Waals surface area (Å²) in [5.74, 6) is -1.43. The van der Waals surface area contributed by atoms with Crippen molar-refractivity contribution in [2.24, 2.45) is 5.73 Å². The second-order valence-corrected chi connectivity index (χ2v) is 6.16. The van der Waals surface area contributed by atoms with Gasteiger partial charge in [-0.3, -0.25) is 4.79 Å². The van der Waals surface area contributed by atoms with Crippen LogP contribution in [0.25, 0.3) is 5.69 Å². The average molecular weight is 428 g/mol. The van der Waals surface area contributed by atoms with Gasteiger partial charge in [0.25, 0.3) is 5.88 Å². The average Bonchev–Trinajstić information content (AvgIpc) is 3.05. The van der Waals surface area contributed by atoms with Gasteiger partial charge in [-0.25, -0.2) is 9.37 Å². The second-order valence-electron chi connectivity index (χ2n) is 5.72. The van der Waals surface area contributed by atoms with E-state index in [2.05, 4.69) is 15.2 Å². The summed E-state index contributed by atoms with van der Waals surface area (Å²) in [4.78, 5) is 15.8. The molecule has 1 unspecified atom stereocenters. The van der Waals surface area contributed by atoms with Crippen LogP contribution in [0.3, 0.4) is 0 Å². The molecule has 0 aliphatic rings. The van der Waals surface area contributed by atoms with Gasteiger partial charge in [-0.05, 0) is 30.3 Å². The van der Waals surface area contributed by atoms with E-state index >= 15 is 0 Å². The normalized spacial score (nSPS) is 11.5.